The van der Waals surface area contributed by atoms with Crippen LogP contribution in [0.25, 0.3) is 11.3 Å². The van der Waals surface area contributed by atoms with Crippen LogP contribution < -0.4 is 0 Å². The molecule has 1 aromatic heterocycles. The third-order valence-electron chi connectivity index (χ3n) is 2.49. The maximum atomic E-state index is 5.42. The zero-order valence-electron chi connectivity index (χ0n) is 9.92. The third-order valence-corrected chi connectivity index (χ3v) is 3.08. The summed E-state index contributed by atoms with van der Waals surface area (Å²) >= 11 is 5.42. The van der Waals surface area contributed by atoms with Crippen molar-refractivity contribution in [1.29, 1.82) is 0 Å². The minimum absolute atomic E-state index is 0.803. The molecule has 0 atom stereocenters. The maximum absolute atomic E-state index is 5.42. The van der Waals surface area contributed by atoms with Crippen molar-refractivity contribution < 1.29 is 0 Å². The fourth-order valence-electron chi connectivity index (χ4n) is 1.64. The Bertz CT molecular complexity index is 521. The molecule has 0 spiro atoms. The second-order valence-electron chi connectivity index (χ2n) is 3.97. The van der Waals surface area contributed by atoms with E-state index in [1.165, 1.54) is 0 Å². The number of nitrogens with zero attached hydrogens (tertiary/aromatic N) is 2. The maximum Gasteiger partial charge on any atom is 0.110 e. The molecule has 0 amide bonds. The van der Waals surface area contributed by atoms with Crippen LogP contribution >= 0.6 is 12.2 Å². The molecule has 86 valence electrons. The van der Waals surface area contributed by atoms with E-state index in [9.17, 15) is 0 Å². The van der Waals surface area contributed by atoms with Crippen molar-refractivity contribution in [3.05, 3.63) is 54.2 Å². The number of benzene rings is 1. The Hall–Kier alpha value is -1.74. The molecule has 1 heterocycles. The van der Waals surface area contributed by atoms with E-state index in [0.717, 1.165) is 21.8 Å². The zero-order chi connectivity index (χ0) is 12.3. The second-order valence-corrected chi connectivity index (χ2v) is 4.35. The quantitative estimate of drug-likeness (QED) is 0.753. The SMILES string of the molecule is CN(C)C(=S)c1cccnc1-c1ccccc1. The van der Waals surface area contributed by atoms with Crippen LogP contribution in [0.3, 0.4) is 0 Å². The summed E-state index contributed by atoms with van der Waals surface area (Å²) < 4.78 is 0. The predicted octanol–water partition coefficient (Wildman–Crippen LogP) is 2.99. The van der Waals surface area contributed by atoms with Gasteiger partial charge in [-0.2, -0.15) is 0 Å². The van der Waals surface area contributed by atoms with Crippen LogP contribution in [0.5, 0.6) is 0 Å². The highest BCUT2D eigenvalue weighted by molar-refractivity contribution is 7.80. The standard InChI is InChI=1S/C14H14N2S/c1-16(2)14(17)12-9-6-10-15-13(12)11-7-4-3-5-8-11/h3-10H,1-2H3. The van der Waals surface area contributed by atoms with Crippen molar-refractivity contribution in [2.75, 3.05) is 14.1 Å². The number of hydrogen-bond acceptors (Lipinski definition) is 2. The van der Waals surface area contributed by atoms with Crippen LogP contribution in [0.2, 0.25) is 0 Å². The number of thiocarbonyl (C=S) groups is 1. The molecule has 2 aromatic rings. The van der Waals surface area contributed by atoms with Gasteiger partial charge in [0.1, 0.15) is 4.99 Å². The summed E-state index contributed by atoms with van der Waals surface area (Å²) in [5.74, 6) is 0. The molecule has 2 nitrogen and oxygen atoms in total. The molecule has 0 aliphatic heterocycles. The van der Waals surface area contributed by atoms with Gasteiger partial charge in [-0.25, -0.2) is 0 Å². The minimum Gasteiger partial charge on any atom is -0.368 e. The molecule has 0 fully saturated rings. The van der Waals surface area contributed by atoms with Gasteiger partial charge in [0, 0.05) is 31.4 Å². The summed E-state index contributed by atoms with van der Waals surface area (Å²) in [6.07, 6.45) is 1.80. The number of rotatable bonds is 2. The smallest absolute Gasteiger partial charge is 0.110 e. The van der Waals surface area contributed by atoms with E-state index in [0.29, 0.717) is 0 Å². The molecule has 0 saturated carbocycles. The molecule has 1 aromatic carbocycles. The van der Waals surface area contributed by atoms with E-state index in [-0.39, 0.29) is 0 Å². The first kappa shape index (κ1) is 11.7. The van der Waals surface area contributed by atoms with Gasteiger partial charge in [0.15, 0.2) is 0 Å². The van der Waals surface area contributed by atoms with E-state index < -0.39 is 0 Å². The topological polar surface area (TPSA) is 16.1 Å². The van der Waals surface area contributed by atoms with Gasteiger partial charge in [-0.3, -0.25) is 4.98 Å². The first-order chi connectivity index (χ1) is 8.20. The zero-order valence-corrected chi connectivity index (χ0v) is 10.7. The van der Waals surface area contributed by atoms with Crippen LogP contribution in [-0.2, 0) is 0 Å². The lowest BCUT2D eigenvalue weighted by atomic mass is 10.1. The lowest BCUT2D eigenvalue weighted by molar-refractivity contribution is 0.636. The van der Waals surface area contributed by atoms with Crippen molar-refractivity contribution in [2.45, 2.75) is 0 Å². The van der Waals surface area contributed by atoms with E-state index in [2.05, 4.69) is 4.98 Å². The molecule has 0 N–H and O–H groups in total. The fourth-order valence-corrected chi connectivity index (χ4v) is 1.81. The summed E-state index contributed by atoms with van der Waals surface area (Å²) in [7, 11) is 3.90. The molecule has 2 rings (SSSR count). The highest BCUT2D eigenvalue weighted by atomic mass is 32.1. The fraction of sp³-hybridized carbons (Fsp3) is 0.143. The van der Waals surface area contributed by atoms with Gasteiger partial charge in [0.2, 0.25) is 0 Å². The first-order valence-corrected chi connectivity index (χ1v) is 5.83. The average Bonchev–Trinajstić information content (AvgIpc) is 2.39. The summed E-state index contributed by atoms with van der Waals surface area (Å²) in [5.41, 5.74) is 3.03. The number of pyridine rings is 1. The molecule has 0 aliphatic rings. The molecular weight excluding hydrogens is 228 g/mol. The van der Waals surface area contributed by atoms with Crippen LogP contribution in [0.4, 0.5) is 0 Å². The molecule has 0 radical (unpaired) electrons. The first-order valence-electron chi connectivity index (χ1n) is 5.42. The summed E-state index contributed by atoms with van der Waals surface area (Å²) in [4.78, 5) is 7.17. The minimum atomic E-state index is 0.803. The number of hydrogen-bond donors (Lipinski definition) is 0. The molecule has 0 saturated heterocycles. The predicted molar refractivity (Wildman–Crippen MR) is 75.1 cm³/mol. The Morgan fingerprint density at radius 2 is 1.76 bits per heavy atom. The lowest BCUT2D eigenvalue weighted by Crippen LogP contribution is -2.21. The number of aromatic nitrogens is 1. The molecule has 17 heavy (non-hydrogen) atoms. The van der Waals surface area contributed by atoms with E-state index in [4.69, 9.17) is 12.2 Å². The third kappa shape index (κ3) is 2.50. The Morgan fingerprint density at radius 1 is 1.06 bits per heavy atom. The van der Waals surface area contributed by atoms with Crippen LogP contribution in [0, 0.1) is 0 Å². The van der Waals surface area contributed by atoms with Crippen molar-refractivity contribution >= 4 is 17.2 Å². The largest absolute Gasteiger partial charge is 0.368 e. The van der Waals surface area contributed by atoms with Crippen LogP contribution in [0.15, 0.2) is 48.7 Å². The van der Waals surface area contributed by atoms with Crippen molar-refractivity contribution in [3.63, 3.8) is 0 Å². The Kier molecular flexibility index (Phi) is 3.49. The monoisotopic (exact) mass is 242 g/mol. The van der Waals surface area contributed by atoms with Gasteiger partial charge < -0.3 is 4.90 Å². The van der Waals surface area contributed by atoms with Gasteiger partial charge in [-0.1, -0.05) is 42.5 Å². The van der Waals surface area contributed by atoms with Crippen molar-refractivity contribution in [2.24, 2.45) is 0 Å². The molecule has 3 heteroatoms. The average molecular weight is 242 g/mol. The van der Waals surface area contributed by atoms with Crippen molar-refractivity contribution in [1.82, 2.24) is 9.88 Å². The van der Waals surface area contributed by atoms with E-state index in [1.807, 2.05) is 61.5 Å². The second kappa shape index (κ2) is 5.06. The summed E-state index contributed by atoms with van der Waals surface area (Å²) in [6.45, 7) is 0. The van der Waals surface area contributed by atoms with Crippen molar-refractivity contribution in [3.8, 4) is 11.3 Å². The van der Waals surface area contributed by atoms with E-state index >= 15 is 0 Å². The summed E-state index contributed by atoms with van der Waals surface area (Å²) in [6, 6.07) is 14.0. The van der Waals surface area contributed by atoms with Gasteiger partial charge in [0.25, 0.3) is 0 Å². The van der Waals surface area contributed by atoms with Gasteiger partial charge >= 0.3 is 0 Å². The molecular formula is C14H14N2S. The normalized spacial score (nSPS) is 10.0. The Labute approximate surface area is 107 Å². The Balaban J connectivity index is 2.52. The lowest BCUT2D eigenvalue weighted by Gasteiger charge is -2.16. The molecule has 0 bridgehead atoms. The van der Waals surface area contributed by atoms with Crippen LogP contribution in [-0.4, -0.2) is 29.0 Å². The van der Waals surface area contributed by atoms with Gasteiger partial charge in [-0.05, 0) is 12.1 Å². The summed E-state index contributed by atoms with van der Waals surface area (Å²) in [5, 5.41) is 0. The molecule has 0 unspecified atom stereocenters. The highest BCUT2D eigenvalue weighted by Crippen LogP contribution is 2.21. The van der Waals surface area contributed by atoms with Gasteiger partial charge in [-0.15, -0.1) is 0 Å². The molecule has 0 aliphatic carbocycles. The van der Waals surface area contributed by atoms with Crippen LogP contribution in [0.1, 0.15) is 5.56 Å². The highest BCUT2D eigenvalue weighted by Gasteiger charge is 2.11. The van der Waals surface area contributed by atoms with Gasteiger partial charge in [0.05, 0.1) is 5.69 Å². The Morgan fingerprint density at radius 3 is 2.41 bits per heavy atom. The van der Waals surface area contributed by atoms with E-state index in [1.54, 1.807) is 6.20 Å².